The standard InChI is InChI=1S/C7H12F3N/c1-5(6-2-3-6)11-4-7(8,9)10/h5-6,11H,2-4H2,1H3/t5-/m0/s1. The Kier molecular flexibility index (Phi) is 2.42. The van der Waals surface area contributed by atoms with Crippen molar-refractivity contribution in [2.24, 2.45) is 5.92 Å². The van der Waals surface area contributed by atoms with E-state index in [1.807, 2.05) is 6.92 Å². The van der Waals surface area contributed by atoms with E-state index in [1.165, 1.54) is 0 Å². The van der Waals surface area contributed by atoms with E-state index >= 15 is 0 Å². The average Bonchev–Trinajstić information content (AvgIpc) is 2.61. The lowest BCUT2D eigenvalue weighted by Gasteiger charge is -2.13. The Hall–Kier alpha value is -0.250. The van der Waals surface area contributed by atoms with Gasteiger partial charge in [0.05, 0.1) is 6.54 Å². The summed E-state index contributed by atoms with van der Waals surface area (Å²) in [5.41, 5.74) is 0. The fourth-order valence-corrected chi connectivity index (χ4v) is 1.04. The van der Waals surface area contributed by atoms with Gasteiger partial charge in [-0.2, -0.15) is 13.2 Å². The van der Waals surface area contributed by atoms with Gasteiger partial charge < -0.3 is 5.32 Å². The van der Waals surface area contributed by atoms with Gasteiger partial charge in [0.25, 0.3) is 0 Å². The fraction of sp³-hybridized carbons (Fsp3) is 1.00. The normalized spacial score (nSPS) is 21.8. The third-order valence-corrected chi connectivity index (χ3v) is 1.95. The van der Waals surface area contributed by atoms with Gasteiger partial charge in [-0.05, 0) is 25.7 Å². The number of hydrogen-bond donors (Lipinski definition) is 1. The number of rotatable bonds is 3. The maximum atomic E-state index is 11.6. The van der Waals surface area contributed by atoms with Crippen molar-refractivity contribution in [3.8, 4) is 0 Å². The van der Waals surface area contributed by atoms with Crippen molar-refractivity contribution in [3.63, 3.8) is 0 Å². The minimum atomic E-state index is -4.07. The van der Waals surface area contributed by atoms with Gasteiger partial charge in [-0.25, -0.2) is 0 Å². The average molecular weight is 167 g/mol. The summed E-state index contributed by atoms with van der Waals surface area (Å²) < 4.78 is 34.9. The quantitative estimate of drug-likeness (QED) is 0.677. The van der Waals surface area contributed by atoms with Crippen LogP contribution in [0.15, 0.2) is 0 Å². The molecule has 1 saturated carbocycles. The van der Waals surface area contributed by atoms with Crippen molar-refractivity contribution in [1.82, 2.24) is 5.32 Å². The zero-order chi connectivity index (χ0) is 8.48. The first-order valence-corrected chi connectivity index (χ1v) is 3.79. The highest BCUT2D eigenvalue weighted by molar-refractivity contribution is 4.83. The lowest BCUT2D eigenvalue weighted by atomic mass is 10.2. The Morgan fingerprint density at radius 2 is 2.00 bits per heavy atom. The smallest absolute Gasteiger partial charge is 0.306 e. The third kappa shape index (κ3) is 3.60. The Morgan fingerprint density at radius 3 is 2.36 bits per heavy atom. The molecule has 4 heteroatoms. The van der Waals surface area contributed by atoms with Gasteiger partial charge in [-0.1, -0.05) is 0 Å². The highest BCUT2D eigenvalue weighted by Crippen LogP contribution is 2.32. The maximum absolute atomic E-state index is 11.6. The molecule has 1 atom stereocenters. The molecule has 1 aliphatic rings. The molecule has 0 saturated heterocycles. The second-order valence-corrected chi connectivity index (χ2v) is 3.12. The molecule has 0 unspecified atom stereocenters. The van der Waals surface area contributed by atoms with Crippen LogP contribution in [-0.2, 0) is 0 Å². The van der Waals surface area contributed by atoms with Crippen molar-refractivity contribution in [2.75, 3.05) is 6.54 Å². The summed E-state index contributed by atoms with van der Waals surface area (Å²) in [5, 5.41) is 2.46. The van der Waals surface area contributed by atoms with E-state index in [9.17, 15) is 13.2 Å². The molecule has 0 aromatic heterocycles. The molecular weight excluding hydrogens is 155 g/mol. The molecule has 0 aromatic carbocycles. The Balaban J connectivity index is 2.10. The van der Waals surface area contributed by atoms with Gasteiger partial charge in [-0.3, -0.25) is 0 Å². The molecule has 0 spiro atoms. The van der Waals surface area contributed by atoms with Crippen LogP contribution < -0.4 is 5.32 Å². The van der Waals surface area contributed by atoms with E-state index in [-0.39, 0.29) is 6.04 Å². The SMILES string of the molecule is C[C@H](NCC(F)(F)F)C1CC1. The summed E-state index contributed by atoms with van der Waals surface area (Å²) in [6.45, 7) is 0.952. The molecule has 0 radical (unpaired) electrons. The molecule has 1 nitrogen and oxygen atoms in total. The van der Waals surface area contributed by atoms with Crippen LogP contribution in [0.1, 0.15) is 19.8 Å². The molecular formula is C7H12F3N. The van der Waals surface area contributed by atoms with Gasteiger partial charge in [-0.15, -0.1) is 0 Å². The summed E-state index contributed by atoms with van der Waals surface area (Å²) in [4.78, 5) is 0. The zero-order valence-electron chi connectivity index (χ0n) is 6.41. The van der Waals surface area contributed by atoms with E-state index in [4.69, 9.17) is 0 Å². The molecule has 1 fully saturated rings. The first kappa shape index (κ1) is 8.84. The predicted molar refractivity (Wildman–Crippen MR) is 36.2 cm³/mol. The van der Waals surface area contributed by atoms with Crippen LogP contribution in [-0.4, -0.2) is 18.8 Å². The summed E-state index contributed by atoms with van der Waals surface area (Å²) >= 11 is 0. The van der Waals surface area contributed by atoms with Crippen LogP contribution in [0.3, 0.4) is 0 Å². The van der Waals surface area contributed by atoms with Gasteiger partial charge in [0, 0.05) is 6.04 Å². The van der Waals surface area contributed by atoms with Crippen LogP contribution in [0.25, 0.3) is 0 Å². The third-order valence-electron chi connectivity index (χ3n) is 1.95. The predicted octanol–water partition coefficient (Wildman–Crippen LogP) is 1.94. The lowest BCUT2D eigenvalue weighted by molar-refractivity contribution is -0.126. The largest absolute Gasteiger partial charge is 0.401 e. The monoisotopic (exact) mass is 167 g/mol. The molecule has 1 rings (SSSR count). The number of nitrogens with one attached hydrogen (secondary N) is 1. The van der Waals surface area contributed by atoms with E-state index < -0.39 is 12.7 Å². The van der Waals surface area contributed by atoms with Crippen molar-refractivity contribution >= 4 is 0 Å². The number of hydrogen-bond acceptors (Lipinski definition) is 1. The Labute approximate surface area is 64.0 Å². The Morgan fingerprint density at radius 1 is 1.45 bits per heavy atom. The Bertz CT molecular complexity index is 128. The van der Waals surface area contributed by atoms with Crippen LogP contribution >= 0.6 is 0 Å². The van der Waals surface area contributed by atoms with E-state index in [2.05, 4.69) is 5.32 Å². The fourth-order valence-electron chi connectivity index (χ4n) is 1.04. The van der Waals surface area contributed by atoms with E-state index in [0.717, 1.165) is 12.8 Å². The van der Waals surface area contributed by atoms with Crippen LogP contribution in [0.4, 0.5) is 13.2 Å². The van der Waals surface area contributed by atoms with Gasteiger partial charge in [0.1, 0.15) is 0 Å². The molecule has 66 valence electrons. The molecule has 0 aromatic rings. The minimum absolute atomic E-state index is 0.0247. The molecule has 1 N–H and O–H groups in total. The van der Waals surface area contributed by atoms with Crippen molar-refractivity contribution in [3.05, 3.63) is 0 Å². The van der Waals surface area contributed by atoms with E-state index in [1.54, 1.807) is 0 Å². The number of alkyl halides is 3. The summed E-state index contributed by atoms with van der Waals surface area (Å²) in [6, 6.07) is 0.0247. The van der Waals surface area contributed by atoms with Crippen LogP contribution in [0.5, 0.6) is 0 Å². The molecule has 0 heterocycles. The maximum Gasteiger partial charge on any atom is 0.401 e. The van der Waals surface area contributed by atoms with Crippen LogP contribution in [0, 0.1) is 5.92 Å². The van der Waals surface area contributed by atoms with E-state index in [0.29, 0.717) is 5.92 Å². The molecule has 11 heavy (non-hydrogen) atoms. The molecule has 0 bridgehead atoms. The summed E-state index contributed by atoms with van der Waals surface area (Å²) in [7, 11) is 0. The van der Waals surface area contributed by atoms with Gasteiger partial charge in [0.2, 0.25) is 0 Å². The van der Waals surface area contributed by atoms with Crippen molar-refractivity contribution < 1.29 is 13.2 Å². The second kappa shape index (κ2) is 3.01. The highest BCUT2D eigenvalue weighted by Gasteiger charge is 2.32. The highest BCUT2D eigenvalue weighted by atomic mass is 19.4. The number of halogens is 3. The first-order chi connectivity index (χ1) is 4.99. The molecule has 0 amide bonds. The summed E-state index contributed by atoms with van der Waals surface area (Å²) in [6.07, 6.45) is -1.92. The topological polar surface area (TPSA) is 12.0 Å². The molecule has 0 aliphatic heterocycles. The lowest BCUT2D eigenvalue weighted by Crippen LogP contribution is -2.36. The molecule has 1 aliphatic carbocycles. The second-order valence-electron chi connectivity index (χ2n) is 3.12. The van der Waals surface area contributed by atoms with Gasteiger partial charge in [0.15, 0.2) is 0 Å². The minimum Gasteiger partial charge on any atom is -0.306 e. The van der Waals surface area contributed by atoms with Crippen molar-refractivity contribution in [1.29, 1.82) is 0 Å². The summed E-state index contributed by atoms with van der Waals surface area (Å²) in [5.74, 6) is 0.484. The van der Waals surface area contributed by atoms with Crippen molar-refractivity contribution in [2.45, 2.75) is 32.0 Å². The zero-order valence-corrected chi connectivity index (χ0v) is 6.41. The first-order valence-electron chi connectivity index (χ1n) is 3.79. The van der Waals surface area contributed by atoms with Gasteiger partial charge >= 0.3 is 6.18 Å². The van der Waals surface area contributed by atoms with Crippen LogP contribution in [0.2, 0.25) is 0 Å².